The largest absolute Gasteiger partial charge is 0.356 e. The summed E-state index contributed by atoms with van der Waals surface area (Å²) in [5.41, 5.74) is 1.59. The first-order chi connectivity index (χ1) is 11.7. The topological polar surface area (TPSA) is 75.2 Å². The molecule has 24 heavy (non-hydrogen) atoms. The molecule has 0 radical (unpaired) electrons. The Morgan fingerprint density at radius 1 is 1.17 bits per heavy atom. The summed E-state index contributed by atoms with van der Waals surface area (Å²) in [4.78, 5) is 33.7. The summed E-state index contributed by atoms with van der Waals surface area (Å²) in [6, 6.07) is 10.2. The third-order valence-corrected chi connectivity index (χ3v) is 4.11. The minimum atomic E-state index is -0.170. The van der Waals surface area contributed by atoms with Crippen molar-refractivity contribution in [2.45, 2.75) is 12.8 Å². The average molecular weight is 324 g/mol. The Hall–Kier alpha value is -2.76. The quantitative estimate of drug-likeness (QED) is 0.813. The maximum atomic E-state index is 12.1. The van der Waals surface area contributed by atoms with Gasteiger partial charge in [0, 0.05) is 32.0 Å². The molecule has 0 atom stereocenters. The molecule has 2 amide bonds. The molecule has 1 aliphatic rings. The summed E-state index contributed by atoms with van der Waals surface area (Å²) in [5, 5.41) is 2.95. The van der Waals surface area contributed by atoms with E-state index in [0.29, 0.717) is 25.3 Å². The molecule has 2 aromatic rings. The molecule has 3 rings (SSSR count). The van der Waals surface area contributed by atoms with Crippen LogP contribution in [0.5, 0.6) is 0 Å². The maximum Gasteiger partial charge on any atom is 0.274 e. The highest BCUT2D eigenvalue weighted by Gasteiger charge is 2.36. The van der Waals surface area contributed by atoms with E-state index in [1.54, 1.807) is 4.90 Å². The zero-order valence-corrected chi connectivity index (χ0v) is 13.4. The number of carbonyl (C=O) groups is 2. The molecule has 1 aliphatic heterocycles. The van der Waals surface area contributed by atoms with Crippen LogP contribution in [-0.4, -0.2) is 46.3 Å². The van der Waals surface area contributed by atoms with E-state index in [1.807, 2.05) is 18.2 Å². The monoisotopic (exact) mass is 324 g/mol. The fraction of sp³-hybridized carbons (Fsp3) is 0.333. The molecule has 1 fully saturated rings. The van der Waals surface area contributed by atoms with E-state index >= 15 is 0 Å². The van der Waals surface area contributed by atoms with Crippen molar-refractivity contribution in [1.29, 1.82) is 0 Å². The molecule has 1 aromatic carbocycles. The Bertz CT molecular complexity index is 685. The van der Waals surface area contributed by atoms with E-state index in [4.69, 9.17) is 0 Å². The second kappa shape index (κ2) is 7.68. The van der Waals surface area contributed by atoms with Gasteiger partial charge in [-0.1, -0.05) is 30.3 Å². The lowest BCUT2D eigenvalue weighted by Gasteiger charge is -2.37. The van der Waals surface area contributed by atoms with Crippen molar-refractivity contribution in [2.24, 2.45) is 5.92 Å². The molecule has 1 N–H and O–H groups in total. The van der Waals surface area contributed by atoms with E-state index in [1.165, 1.54) is 24.2 Å². The molecule has 0 saturated carbocycles. The van der Waals surface area contributed by atoms with Crippen LogP contribution in [0, 0.1) is 5.92 Å². The molecule has 124 valence electrons. The molecule has 0 spiro atoms. The van der Waals surface area contributed by atoms with Gasteiger partial charge in [0.2, 0.25) is 5.91 Å². The number of aromatic nitrogens is 2. The van der Waals surface area contributed by atoms with Crippen LogP contribution < -0.4 is 5.32 Å². The highest BCUT2D eigenvalue weighted by Crippen LogP contribution is 2.17. The zero-order chi connectivity index (χ0) is 16.8. The third-order valence-electron chi connectivity index (χ3n) is 4.11. The van der Waals surface area contributed by atoms with Gasteiger partial charge < -0.3 is 10.2 Å². The lowest BCUT2D eigenvalue weighted by Crippen LogP contribution is -2.56. The van der Waals surface area contributed by atoms with E-state index in [0.717, 1.165) is 12.8 Å². The van der Waals surface area contributed by atoms with Crippen LogP contribution in [0.25, 0.3) is 0 Å². The summed E-state index contributed by atoms with van der Waals surface area (Å²) in [6.45, 7) is 1.54. The normalized spacial score (nSPS) is 14.1. The summed E-state index contributed by atoms with van der Waals surface area (Å²) in [7, 11) is 0. The average Bonchev–Trinajstić information content (AvgIpc) is 2.59. The van der Waals surface area contributed by atoms with E-state index < -0.39 is 0 Å². The highest BCUT2D eigenvalue weighted by molar-refractivity contribution is 5.94. The predicted molar refractivity (Wildman–Crippen MR) is 89.2 cm³/mol. The van der Waals surface area contributed by atoms with Gasteiger partial charge in [-0.25, -0.2) is 4.98 Å². The Morgan fingerprint density at radius 2 is 1.96 bits per heavy atom. The third kappa shape index (κ3) is 3.95. The van der Waals surface area contributed by atoms with Crippen molar-refractivity contribution in [2.75, 3.05) is 19.6 Å². The van der Waals surface area contributed by atoms with Gasteiger partial charge in [-0.2, -0.15) is 0 Å². The number of carbonyl (C=O) groups excluding carboxylic acids is 2. The fourth-order valence-electron chi connectivity index (χ4n) is 2.67. The number of amides is 2. The molecular formula is C18H20N4O2. The van der Waals surface area contributed by atoms with Crippen LogP contribution in [-0.2, 0) is 11.2 Å². The second-order valence-corrected chi connectivity index (χ2v) is 5.88. The standard InChI is InChI=1S/C18H20N4O2/c23-17(21-8-4-7-14-5-2-1-3-6-14)15-12-22(13-15)18(24)16-11-19-9-10-20-16/h1-3,5-6,9-11,15H,4,7-8,12-13H2,(H,21,23). The molecule has 6 nitrogen and oxygen atoms in total. The number of nitrogens with one attached hydrogen (secondary N) is 1. The molecule has 0 aliphatic carbocycles. The first-order valence-electron chi connectivity index (χ1n) is 8.11. The Morgan fingerprint density at radius 3 is 2.67 bits per heavy atom. The minimum Gasteiger partial charge on any atom is -0.356 e. The van der Waals surface area contributed by atoms with E-state index in [9.17, 15) is 9.59 Å². The number of aryl methyl sites for hydroxylation is 1. The van der Waals surface area contributed by atoms with Crippen LogP contribution in [0.15, 0.2) is 48.9 Å². The van der Waals surface area contributed by atoms with Crippen molar-refractivity contribution in [3.05, 3.63) is 60.2 Å². The van der Waals surface area contributed by atoms with Crippen molar-refractivity contribution in [1.82, 2.24) is 20.2 Å². The van der Waals surface area contributed by atoms with Crippen LogP contribution in [0.3, 0.4) is 0 Å². The lowest BCUT2D eigenvalue weighted by molar-refractivity contribution is -0.128. The Labute approximate surface area is 140 Å². The Kier molecular flexibility index (Phi) is 5.15. The summed E-state index contributed by atoms with van der Waals surface area (Å²) in [6.07, 6.45) is 6.32. The summed E-state index contributed by atoms with van der Waals surface area (Å²) < 4.78 is 0. The summed E-state index contributed by atoms with van der Waals surface area (Å²) in [5.74, 6) is -0.273. The van der Waals surface area contributed by atoms with Crippen LogP contribution in [0.1, 0.15) is 22.5 Å². The van der Waals surface area contributed by atoms with Gasteiger partial charge in [-0.05, 0) is 18.4 Å². The number of hydrogen-bond donors (Lipinski definition) is 1. The number of rotatable bonds is 6. The zero-order valence-electron chi connectivity index (χ0n) is 13.4. The van der Waals surface area contributed by atoms with Crippen LogP contribution in [0.2, 0.25) is 0 Å². The van der Waals surface area contributed by atoms with E-state index in [-0.39, 0.29) is 17.7 Å². The number of nitrogens with zero attached hydrogens (tertiary/aromatic N) is 3. The molecule has 1 saturated heterocycles. The molecule has 1 aromatic heterocycles. The molecule has 6 heteroatoms. The van der Waals surface area contributed by atoms with Crippen molar-refractivity contribution in [3.8, 4) is 0 Å². The van der Waals surface area contributed by atoms with Gasteiger partial charge in [0.05, 0.1) is 12.1 Å². The fourth-order valence-corrected chi connectivity index (χ4v) is 2.67. The predicted octanol–water partition coefficient (Wildman–Crippen LogP) is 1.30. The van der Waals surface area contributed by atoms with Crippen molar-refractivity contribution < 1.29 is 9.59 Å². The number of likely N-dealkylation sites (tertiary alicyclic amines) is 1. The summed E-state index contributed by atoms with van der Waals surface area (Å²) >= 11 is 0. The maximum absolute atomic E-state index is 12.1. The minimum absolute atomic E-state index is 0.0197. The van der Waals surface area contributed by atoms with E-state index in [2.05, 4.69) is 27.4 Å². The first kappa shape index (κ1) is 16.1. The smallest absolute Gasteiger partial charge is 0.274 e. The molecule has 2 heterocycles. The van der Waals surface area contributed by atoms with Gasteiger partial charge in [0.1, 0.15) is 5.69 Å². The second-order valence-electron chi connectivity index (χ2n) is 5.88. The number of benzene rings is 1. The Balaban J connectivity index is 1.35. The van der Waals surface area contributed by atoms with Gasteiger partial charge in [-0.3, -0.25) is 14.6 Å². The highest BCUT2D eigenvalue weighted by atomic mass is 16.2. The van der Waals surface area contributed by atoms with Crippen LogP contribution >= 0.6 is 0 Å². The van der Waals surface area contributed by atoms with Gasteiger partial charge in [0.25, 0.3) is 5.91 Å². The molecule has 0 unspecified atom stereocenters. The molecule has 0 bridgehead atoms. The lowest BCUT2D eigenvalue weighted by atomic mass is 9.98. The molecular weight excluding hydrogens is 304 g/mol. The number of hydrogen-bond acceptors (Lipinski definition) is 4. The van der Waals surface area contributed by atoms with Gasteiger partial charge in [0.15, 0.2) is 0 Å². The van der Waals surface area contributed by atoms with Crippen molar-refractivity contribution >= 4 is 11.8 Å². The van der Waals surface area contributed by atoms with Gasteiger partial charge >= 0.3 is 0 Å². The SMILES string of the molecule is O=C(NCCCc1ccccc1)C1CN(C(=O)c2cnccn2)C1. The first-order valence-corrected chi connectivity index (χ1v) is 8.11. The van der Waals surface area contributed by atoms with Crippen molar-refractivity contribution in [3.63, 3.8) is 0 Å². The van der Waals surface area contributed by atoms with Crippen LogP contribution in [0.4, 0.5) is 0 Å². The van der Waals surface area contributed by atoms with Gasteiger partial charge in [-0.15, -0.1) is 0 Å².